The van der Waals surface area contributed by atoms with E-state index >= 15 is 0 Å². The van der Waals surface area contributed by atoms with E-state index in [0.717, 1.165) is 10.9 Å². The van der Waals surface area contributed by atoms with Gasteiger partial charge in [0, 0.05) is 6.20 Å². The Morgan fingerprint density at radius 3 is 3.17 bits per heavy atom. The monoisotopic (exact) mass is 161 g/mol. The van der Waals surface area contributed by atoms with Gasteiger partial charge in [-0.3, -0.25) is 4.98 Å². The second-order valence-corrected chi connectivity index (χ2v) is 2.29. The Kier molecular flexibility index (Phi) is 1.59. The number of methoxy groups -OCH3 is 1. The van der Waals surface area contributed by atoms with E-state index in [0.29, 0.717) is 5.88 Å². The minimum Gasteiger partial charge on any atom is -0.479 e. The van der Waals surface area contributed by atoms with Crippen LogP contribution in [0.15, 0.2) is 24.5 Å². The van der Waals surface area contributed by atoms with Gasteiger partial charge >= 0.3 is 0 Å². The predicted octanol–water partition coefficient (Wildman–Crippen LogP) is 1.03. The molecule has 12 heavy (non-hydrogen) atoms. The first kappa shape index (κ1) is 6.97. The van der Waals surface area contributed by atoms with Gasteiger partial charge in [0.15, 0.2) is 0 Å². The van der Waals surface area contributed by atoms with Crippen molar-refractivity contribution in [2.45, 2.75) is 0 Å². The van der Waals surface area contributed by atoms with Crippen molar-refractivity contribution < 1.29 is 4.74 Å². The minimum atomic E-state index is 0.514. The second-order valence-electron chi connectivity index (χ2n) is 2.29. The fraction of sp³-hybridized carbons (Fsp3) is 0.125. The molecular formula is C8H7N3O. The van der Waals surface area contributed by atoms with Crippen LogP contribution in [0.3, 0.4) is 0 Å². The van der Waals surface area contributed by atoms with E-state index in [2.05, 4.69) is 15.2 Å². The Balaban J connectivity index is 2.79. The molecule has 0 saturated heterocycles. The standard InChI is InChI=1S/C8H7N3O/c1-12-8-6-3-2-4-9-7(6)5-10-11-8/h2-5H,1H3. The molecule has 0 atom stereocenters. The van der Waals surface area contributed by atoms with Crippen LogP contribution in [0.5, 0.6) is 5.88 Å². The third-order valence-electron chi connectivity index (χ3n) is 1.59. The summed E-state index contributed by atoms with van der Waals surface area (Å²) >= 11 is 0. The molecule has 60 valence electrons. The molecule has 0 aliphatic heterocycles. The average molecular weight is 161 g/mol. The largest absolute Gasteiger partial charge is 0.479 e. The second kappa shape index (κ2) is 2.73. The number of rotatable bonds is 1. The Morgan fingerprint density at radius 1 is 1.42 bits per heavy atom. The zero-order valence-electron chi connectivity index (χ0n) is 6.56. The summed E-state index contributed by atoms with van der Waals surface area (Å²) in [5.74, 6) is 0.514. The average Bonchev–Trinajstić information content (AvgIpc) is 2.17. The van der Waals surface area contributed by atoms with Gasteiger partial charge in [0.05, 0.1) is 24.2 Å². The first-order valence-corrected chi connectivity index (χ1v) is 3.52. The Labute approximate surface area is 69.2 Å². The molecule has 0 N–H and O–H groups in total. The van der Waals surface area contributed by atoms with Gasteiger partial charge in [-0.05, 0) is 12.1 Å². The molecule has 2 heterocycles. The summed E-state index contributed by atoms with van der Waals surface area (Å²) in [6, 6.07) is 3.74. The molecule has 4 heteroatoms. The van der Waals surface area contributed by atoms with E-state index in [1.165, 1.54) is 0 Å². The fourth-order valence-electron chi connectivity index (χ4n) is 1.04. The molecule has 0 aliphatic carbocycles. The van der Waals surface area contributed by atoms with Crippen molar-refractivity contribution >= 4 is 10.9 Å². The van der Waals surface area contributed by atoms with E-state index in [1.54, 1.807) is 19.5 Å². The van der Waals surface area contributed by atoms with Gasteiger partial charge in [0.25, 0.3) is 0 Å². The summed E-state index contributed by atoms with van der Waals surface area (Å²) in [5, 5.41) is 8.44. The maximum Gasteiger partial charge on any atom is 0.242 e. The van der Waals surface area contributed by atoms with Crippen molar-refractivity contribution in [2.75, 3.05) is 7.11 Å². The van der Waals surface area contributed by atoms with Gasteiger partial charge in [-0.15, -0.1) is 5.10 Å². The molecule has 0 spiro atoms. The zero-order chi connectivity index (χ0) is 8.39. The number of hydrogen-bond acceptors (Lipinski definition) is 4. The summed E-state index contributed by atoms with van der Waals surface area (Å²) in [5.41, 5.74) is 0.796. The summed E-state index contributed by atoms with van der Waals surface area (Å²) < 4.78 is 5.01. The van der Waals surface area contributed by atoms with Crippen molar-refractivity contribution in [3.63, 3.8) is 0 Å². The van der Waals surface area contributed by atoms with Gasteiger partial charge in [-0.1, -0.05) is 0 Å². The lowest BCUT2D eigenvalue weighted by Gasteiger charge is -2.00. The lowest BCUT2D eigenvalue weighted by Crippen LogP contribution is -1.92. The maximum absolute atomic E-state index is 5.01. The van der Waals surface area contributed by atoms with Crippen LogP contribution in [0.4, 0.5) is 0 Å². The van der Waals surface area contributed by atoms with E-state index < -0.39 is 0 Å². The molecule has 0 aromatic carbocycles. The summed E-state index contributed by atoms with van der Waals surface area (Å²) in [4.78, 5) is 4.11. The molecule has 0 bridgehead atoms. The number of nitrogens with zero attached hydrogens (tertiary/aromatic N) is 3. The maximum atomic E-state index is 5.01. The fourth-order valence-corrected chi connectivity index (χ4v) is 1.04. The first-order valence-electron chi connectivity index (χ1n) is 3.52. The zero-order valence-corrected chi connectivity index (χ0v) is 6.56. The van der Waals surface area contributed by atoms with Crippen molar-refractivity contribution in [3.05, 3.63) is 24.5 Å². The highest BCUT2D eigenvalue weighted by Crippen LogP contribution is 2.18. The molecule has 0 amide bonds. The third kappa shape index (κ3) is 0.972. The molecule has 4 nitrogen and oxygen atoms in total. The summed E-state index contributed by atoms with van der Waals surface area (Å²) in [6.07, 6.45) is 3.32. The third-order valence-corrected chi connectivity index (χ3v) is 1.59. The molecule has 0 radical (unpaired) electrons. The molecular weight excluding hydrogens is 154 g/mol. The van der Waals surface area contributed by atoms with Crippen molar-refractivity contribution in [1.29, 1.82) is 0 Å². The lowest BCUT2D eigenvalue weighted by molar-refractivity contribution is 0.397. The molecule has 2 aromatic heterocycles. The number of fused-ring (bicyclic) bond motifs is 1. The normalized spacial score (nSPS) is 10.1. The van der Waals surface area contributed by atoms with Crippen LogP contribution in [-0.2, 0) is 0 Å². The van der Waals surface area contributed by atoms with Gasteiger partial charge in [0.2, 0.25) is 5.88 Å². The van der Waals surface area contributed by atoms with Crippen molar-refractivity contribution in [1.82, 2.24) is 15.2 Å². The highest BCUT2D eigenvalue weighted by Gasteiger charge is 2.01. The number of pyridine rings is 1. The van der Waals surface area contributed by atoms with E-state index in [4.69, 9.17) is 4.74 Å². The van der Waals surface area contributed by atoms with E-state index in [1.807, 2.05) is 12.1 Å². The van der Waals surface area contributed by atoms with Gasteiger partial charge < -0.3 is 4.74 Å². The topological polar surface area (TPSA) is 47.9 Å². The number of hydrogen-bond donors (Lipinski definition) is 0. The minimum absolute atomic E-state index is 0.514. The van der Waals surface area contributed by atoms with E-state index in [-0.39, 0.29) is 0 Å². The SMILES string of the molecule is COc1nncc2ncccc12. The highest BCUT2D eigenvalue weighted by atomic mass is 16.5. The molecule has 0 fully saturated rings. The van der Waals surface area contributed by atoms with E-state index in [9.17, 15) is 0 Å². The Morgan fingerprint density at radius 2 is 2.33 bits per heavy atom. The number of aromatic nitrogens is 3. The Bertz CT molecular complexity index is 397. The Hall–Kier alpha value is -1.71. The van der Waals surface area contributed by atoms with Crippen molar-refractivity contribution in [2.24, 2.45) is 0 Å². The highest BCUT2D eigenvalue weighted by molar-refractivity contribution is 5.81. The van der Waals surface area contributed by atoms with Crippen LogP contribution in [0.1, 0.15) is 0 Å². The molecule has 2 aromatic rings. The predicted molar refractivity (Wildman–Crippen MR) is 43.9 cm³/mol. The van der Waals surface area contributed by atoms with Crippen LogP contribution in [0.2, 0.25) is 0 Å². The first-order chi connectivity index (χ1) is 5.92. The van der Waals surface area contributed by atoms with Gasteiger partial charge in [-0.25, -0.2) is 0 Å². The smallest absolute Gasteiger partial charge is 0.242 e. The van der Waals surface area contributed by atoms with Crippen LogP contribution < -0.4 is 4.74 Å². The number of ether oxygens (including phenoxy) is 1. The van der Waals surface area contributed by atoms with Crippen LogP contribution >= 0.6 is 0 Å². The quantitative estimate of drug-likeness (QED) is 0.626. The summed E-state index contributed by atoms with van der Waals surface area (Å²) in [7, 11) is 1.57. The molecule has 0 aliphatic rings. The van der Waals surface area contributed by atoms with Gasteiger partial charge in [-0.2, -0.15) is 5.10 Å². The van der Waals surface area contributed by atoms with Gasteiger partial charge in [0.1, 0.15) is 0 Å². The van der Waals surface area contributed by atoms with Crippen LogP contribution in [0.25, 0.3) is 10.9 Å². The molecule has 0 unspecified atom stereocenters. The van der Waals surface area contributed by atoms with Crippen LogP contribution in [0, 0.1) is 0 Å². The lowest BCUT2D eigenvalue weighted by atomic mass is 10.3. The van der Waals surface area contributed by atoms with Crippen LogP contribution in [-0.4, -0.2) is 22.3 Å². The molecule has 0 saturated carbocycles. The van der Waals surface area contributed by atoms with Crippen molar-refractivity contribution in [3.8, 4) is 5.88 Å². The summed E-state index contributed by atoms with van der Waals surface area (Å²) in [6.45, 7) is 0. The molecule has 2 rings (SSSR count).